The maximum atomic E-state index is 10.8. The zero-order valence-corrected chi connectivity index (χ0v) is 15.7. The van der Waals surface area contributed by atoms with Gasteiger partial charge in [-0.25, -0.2) is 0 Å². The SMILES string of the molecule is [CH2-]C(=O)Nc1nc(OC(C)(C)C)ccc1Cl.[CH2-]C(=O)O.[Y]. The number of pyridine rings is 1. The number of carbonyl (C=O) groups excluding carboxylic acids is 1. The second-order valence-electron chi connectivity index (χ2n) is 4.64. The summed E-state index contributed by atoms with van der Waals surface area (Å²) in [4.78, 5) is 23.8. The number of aliphatic carboxylic acids is 1. The van der Waals surface area contributed by atoms with E-state index in [-0.39, 0.29) is 44.1 Å². The Morgan fingerprint density at radius 3 is 2.19 bits per heavy atom. The fourth-order valence-electron chi connectivity index (χ4n) is 1.01. The first-order valence-corrected chi connectivity index (χ1v) is 5.92. The van der Waals surface area contributed by atoms with Crippen molar-refractivity contribution in [3.05, 3.63) is 31.0 Å². The minimum absolute atomic E-state index is 0. The molecule has 6 nitrogen and oxygen atoms in total. The van der Waals surface area contributed by atoms with Crippen LogP contribution in [0.1, 0.15) is 20.8 Å². The molecule has 0 saturated heterocycles. The maximum Gasteiger partial charge on any atom is 0.215 e. The molecule has 1 heterocycles. The molecule has 1 rings (SSSR count). The molecule has 115 valence electrons. The van der Waals surface area contributed by atoms with E-state index < -0.39 is 11.9 Å². The number of hydrogen-bond acceptors (Lipinski definition) is 4. The van der Waals surface area contributed by atoms with E-state index in [1.54, 1.807) is 12.1 Å². The van der Waals surface area contributed by atoms with Crippen LogP contribution in [0.2, 0.25) is 5.02 Å². The van der Waals surface area contributed by atoms with Crippen molar-refractivity contribution < 1.29 is 52.1 Å². The molecule has 21 heavy (non-hydrogen) atoms. The molecule has 0 aromatic carbocycles. The minimum atomic E-state index is -1.08. The first-order chi connectivity index (χ1) is 9.01. The minimum Gasteiger partial charge on any atom is -0.503 e. The first-order valence-electron chi connectivity index (χ1n) is 5.54. The van der Waals surface area contributed by atoms with E-state index in [1.165, 1.54) is 0 Å². The van der Waals surface area contributed by atoms with E-state index in [2.05, 4.69) is 24.1 Å². The standard InChI is InChI=1S/C11H14ClN2O2.C2H3O2.Y/c1-7(15)13-10-8(12)5-6-9(14-10)16-11(2,3)4;1-2(3)4;/h5-6H,1H2,2-4H3,(H,13,14,15);1H2,(H,3,4);/q2*-1;. The summed E-state index contributed by atoms with van der Waals surface area (Å²) in [6.45, 7) is 11.5. The molecular formula is C13H17ClN2O4Y-2. The third-order valence-corrected chi connectivity index (χ3v) is 1.79. The summed E-state index contributed by atoms with van der Waals surface area (Å²) in [5.74, 6) is -0.897. The van der Waals surface area contributed by atoms with Crippen LogP contribution < -0.4 is 10.1 Å². The van der Waals surface area contributed by atoms with Crippen molar-refractivity contribution in [3.8, 4) is 5.88 Å². The number of carbonyl (C=O) groups is 2. The number of rotatable bonds is 2. The normalized spacial score (nSPS) is 9.52. The predicted molar refractivity (Wildman–Crippen MR) is 76.6 cm³/mol. The Labute approximate surface area is 154 Å². The summed E-state index contributed by atoms with van der Waals surface area (Å²) < 4.78 is 5.54. The van der Waals surface area contributed by atoms with Crippen LogP contribution in [0.3, 0.4) is 0 Å². The maximum absolute atomic E-state index is 10.8. The summed E-state index contributed by atoms with van der Waals surface area (Å²) >= 11 is 5.85. The number of nitrogens with zero attached hydrogens (tertiary/aromatic N) is 1. The molecule has 0 spiro atoms. The Morgan fingerprint density at radius 1 is 1.33 bits per heavy atom. The Kier molecular flexibility index (Phi) is 10.5. The van der Waals surface area contributed by atoms with Crippen molar-refractivity contribution in [3.63, 3.8) is 0 Å². The van der Waals surface area contributed by atoms with E-state index in [4.69, 9.17) is 26.2 Å². The van der Waals surface area contributed by atoms with E-state index in [1.807, 2.05) is 20.8 Å². The molecule has 1 aromatic rings. The Balaban J connectivity index is 0. The molecule has 0 unspecified atom stereocenters. The molecule has 0 atom stereocenters. The fraction of sp³-hybridized carbons (Fsp3) is 0.308. The fourth-order valence-corrected chi connectivity index (χ4v) is 1.17. The van der Waals surface area contributed by atoms with Gasteiger partial charge in [-0.1, -0.05) is 11.6 Å². The number of aromatic nitrogens is 1. The molecular weight excluding hydrogens is 373 g/mol. The van der Waals surface area contributed by atoms with Gasteiger partial charge in [-0.3, -0.25) is 11.7 Å². The molecule has 0 bridgehead atoms. The second kappa shape index (κ2) is 9.87. The van der Waals surface area contributed by atoms with Gasteiger partial charge in [0, 0.05) is 38.8 Å². The molecule has 1 aromatic heterocycles. The van der Waals surface area contributed by atoms with Gasteiger partial charge in [-0.05, 0) is 26.8 Å². The number of anilines is 1. The van der Waals surface area contributed by atoms with Crippen LogP contribution in [0.4, 0.5) is 5.82 Å². The molecule has 1 radical (unpaired) electrons. The third-order valence-electron chi connectivity index (χ3n) is 1.49. The summed E-state index contributed by atoms with van der Waals surface area (Å²) in [5, 5.41) is 10.1. The number of carboxylic acid groups (broad SMARTS) is 1. The molecule has 2 N–H and O–H groups in total. The van der Waals surface area contributed by atoms with Gasteiger partial charge in [0.2, 0.25) is 5.88 Å². The summed E-state index contributed by atoms with van der Waals surface area (Å²) in [5.41, 5.74) is -0.355. The molecule has 0 aliphatic carbocycles. The van der Waals surface area contributed by atoms with Gasteiger partial charge in [0.15, 0.2) is 11.8 Å². The van der Waals surface area contributed by atoms with Crippen LogP contribution in [0.25, 0.3) is 0 Å². The van der Waals surface area contributed by atoms with E-state index in [9.17, 15) is 4.79 Å². The predicted octanol–water partition coefficient (Wildman–Crippen LogP) is 2.59. The molecule has 0 aliphatic heterocycles. The largest absolute Gasteiger partial charge is 0.503 e. The van der Waals surface area contributed by atoms with Gasteiger partial charge >= 0.3 is 0 Å². The van der Waals surface area contributed by atoms with Crippen LogP contribution in [0.15, 0.2) is 12.1 Å². The van der Waals surface area contributed by atoms with Crippen molar-refractivity contribution in [2.45, 2.75) is 26.4 Å². The number of amides is 1. The zero-order valence-electron chi connectivity index (χ0n) is 12.1. The molecule has 0 fully saturated rings. The molecule has 1 amide bonds. The second-order valence-corrected chi connectivity index (χ2v) is 5.04. The van der Waals surface area contributed by atoms with Gasteiger partial charge in [0.1, 0.15) is 5.60 Å². The van der Waals surface area contributed by atoms with Crippen molar-refractivity contribution >= 4 is 29.3 Å². The van der Waals surface area contributed by atoms with Gasteiger partial charge in [0.25, 0.3) is 0 Å². The average molecular weight is 390 g/mol. The van der Waals surface area contributed by atoms with E-state index in [0.29, 0.717) is 10.9 Å². The van der Waals surface area contributed by atoms with Crippen LogP contribution in [0, 0.1) is 13.8 Å². The number of nitrogens with one attached hydrogen (secondary N) is 1. The third kappa shape index (κ3) is 12.5. The van der Waals surface area contributed by atoms with Crippen LogP contribution in [-0.4, -0.2) is 27.6 Å². The Morgan fingerprint density at radius 2 is 1.81 bits per heavy atom. The monoisotopic (exact) mass is 389 g/mol. The van der Waals surface area contributed by atoms with Crippen molar-refractivity contribution in [2.24, 2.45) is 0 Å². The van der Waals surface area contributed by atoms with Gasteiger partial charge in [0.05, 0.1) is 10.9 Å². The van der Waals surface area contributed by atoms with Crippen LogP contribution in [0.5, 0.6) is 5.88 Å². The van der Waals surface area contributed by atoms with Crippen molar-refractivity contribution in [2.75, 3.05) is 5.32 Å². The van der Waals surface area contributed by atoms with Gasteiger partial charge in [-0.15, -0.1) is 0 Å². The van der Waals surface area contributed by atoms with Gasteiger partial charge in [-0.2, -0.15) is 4.98 Å². The molecule has 8 heteroatoms. The number of carboxylic acids is 1. The quantitative estimate of drug-likeness (QED) is 0.759. The van der Waals surface area contributed by atoms with E-state index in [0.717, 1.165) is 0 Å². The summed E-state index contributed by atoms with van der Waals surface area (Å²) in [6.07, 6.45) is 0. The van der Waals surface area contributed by atoms with Crippen LogP contribution >= 0.6 is 11.6 Å². The summed E-state index contributed by atoms with van der Waals surface area (Å²) in [6, 6.07) is 3.26. The zero-order chi connectivity index (χ0) is 15.9. The van der Waals surface area contributed by atoms with Crippen molar-refractivity contribution in [1.82, 2.24) is 4.98 Å². The smallest absolute Gasteiger partial charge is 0.215 e. The van der Waals surface area contributed by atoms with Gasteiger partial charge < -0.3 is 26.9 Å². The van der Waals surface area contributed by atoms with Crippen molar-refractivity contribution in [1.29, 1.82) is 0 Å². The first kappa shape index (κ1) is 22.3. The Bertz CT molecular complexity index is 486. The molecule has 0 saturated carbocycles. The topological polar surface area (TPSA) is 88.5 Å². The number of ether oxygens (including phenoxy) is 1. The number of halogens is 1. The Hall–Kier alpha value is -0.976. The summed E-state index contributed by atoms with van der Waals surface area (Å²) in [7, 11) is 0. The average Bonchev–Trinajstić information content (AvgIpc) is 2.19. The van der Waals surface area contributed by atoms with E-state index >= 15 is 0 Å². The van der Waals surface area contributed by atoms with Crippen LogP contribution in [-0.2, 0) is 42.3 Å². The number of hydrogen-bond donors (Lipinski definition) is 2. The molecule has 0 aliphatic rings.